The van der Waals surface area contributed by atoms with E-state index >= 15 is 0 Å². The summed E-state index contributed by atoms with van der Waals surface area (Å²) in [5.74, 6) is 0. The predicted molar refractivity (Wildman–Crippen MR) is 51.9 cm³/mol. The van der Waals surface area contributed by atoms with Crippen molar-refractivity contribution >= 4 is 6.03 Å². The summed E-state index contributed by atoms with van der Waals surface area (Å²) in [6, 6.07) is -0.156. The molecule has 1 saturated heterocycles. The van der Waals surface area contributed by atoms with E-state index in [9.17, 15) is 9.90 Å². The van der Waals surface area contributed by atoms with Crippen LogP contribution in [-0.4, -0.2) is 53.0 Å². The molecular weight excluding hydrogens is 184 g/mol. The van der Waals surface area contributed by atoms with Crippen LogP contribution in [0.5, 0.6) is 0 Å². The van der Waals surface area contributed by atoms with Crippen molar-refractivity contribution in [3.05, 3.63) is 0 Å². The highest BCUT2D eigenvalue weighted by molar-refractivity contribution is 5.74. The molecule has 3 N–H and O–H groups in total. The Morgan fingerprint density at radius 3 is 2.57 bits per heavy atom. The van der Waals surface area contributed by atoms with E-state index in [0.29, 0.717) is 0 Å². The number of carbonyl (C=O) groups is 1. The lowest BCUT2D eigenvalue weighted by atomic mass is 10.1. The molecule has 2 amide bonds. The van der Waals surface area contributed by atoms with Crippen molar-refractivity contribution in [2.75, 3.05) is 26.2 Å². The van der Waals surface area contributed by atoms with Gasteiger partial charge in [-0.15, -0.1) is 0 Å². The third kappa shape index (κ3) is 3.16. The van der Waals surface area contributed by atoms with Gasteiger partial charge in [0.15, 0.2) is 0 Å². The second kappa shape index (κ2) is 4.61. The van der Waals surface area contributed by atoms with E-state index in [-0.39, 0.29) is 19.2 Å². The van der Waals surface area contributed by atoms with E-state index in [1.165, 1.54) is 6.92 Å². The molecule has 5 nitrogen and oxygen atoms in total. The van der Waals surface area contributed by atoms with Crippen LogP contribution in [0.4, 0.5) is 4.79 Å². The van der Waals surface area contributed by atoms with Crippen LogP contribution in [0.1, 0.15) is 19.8 Å². The zero-order chi connectivity index (χ0) is 10.6. The number of hydrogen-bond donors (Lipinski definition) is 3. The molecule has 0 radical (unpaired) electrons. The molecule has 1 aliphatic rings. The van der Waals surface area contributed by atoms with E-state index in [2.05, 4.69) is 5.32 Å². The number of rotatable bonds is 3. The molecule has 0 bridgehead atoms. The number of aliphatic hydroxyl groups excluding tert-OH is 1. The smallest absolute Gasteiger partial charge is 0.317 e. The van der Waals surface area contributed by atoms with Crippen molar-refractivity contribution in [3.8, 4) is 0 Å². The van der Waals surface area contributed by atoms with Crippen LogP contribution in [-0.2, 0) is 0 Å². The Bertz CT molecular complexity index is 200. The summed E-state index contributed by atoms with van der Waals surface area (Å²) in [5, 5.41) is 20.8. The lowest BCUT2D eigenvalue weighted by molar-refractivity contribution is 0.00411. The SMILES string of the molecule is CC(O)(CO)CNC(=O)N1CCCC1. The summed E-state index contributed by atoms with van der Waals surface area (Å²) in [6.07, 6.45) is 2.09. The van der Waals surface area contributed by atoms with E-state index in [1.54, 1.807) is 4.90 Å². The van der Waals surface area contributed by atoms with Crippen molar-refractivity contribution < 1.29 is 15.0 Å². The fourth-order valence-electron chi connectivity index (χ4n) is 1.35. The first kappa shape index (κ1) is 11.3. The van der Waals surface area contributed by atoms with Crippen molar-refractivity contribution in [2.45, 2.75) is 25.4 Å². The number of amides is 2. The molecule has 0 aromatic carbocycles. The minimum absolute atomic E-state index is 0.0822. The van der Waals surface area contributed by atoms with Crippen LogP contribution >= 0.6 is 0 Å². The van der Waals surface area contributed by atoms with Crippen LogP contribution in [0.15, 0.2) is 0 Å². The highest BCUT2D eigenvalue weighted by Crippen LogP contribution is 2.07. The minimum Gasteiger partial charge on any atom is -0.393 e. The fourth-order valence-corrected chi connectivity index (χ4v) is 1.35. The standard InChI is InChI=1S/C9H18N2O3/c1-9(14,7-12)6-10-8(13)11-4-2-3-5-11/h12,14H,2-7H2,1H3,(H,10,13). The summed E-state index contributed by atoms with van der Waals surface area (Å²) in [4.78, 5) is 13.1. The Morgan fingerprint density at radius 2 is 2.07 bits per heavy atom. The lowest BCUT2D eigenvalue weighted by Gasteiger charge is -2.23. The van der Waals surface area contributed by atoms with Gasteiger partial charge in [-0.1, -0.05) is 0 Å². The second-order valence-electron chi connectivity index (χ2n) is 4.01. The zero-order valence-electron chi connectivity index (χ0n) is 8.49. The number of aliphatic hydroxyl groups is 2. The van der Waals surface area contributed by atoms with Gasteiger partial charge in [-0.3, -0.25) is 0 Å². The maximum absolute atomic E-state index is 11.4. The number of urea groups is 1. The molecule has 1 aliphatic heterocycles. The van der Waals surface area contributed by atoms with Gasteiger partial charge < -0.3 is 20.4 Å². The van der Waals surface area contributed by atoms with Gasteiger partial charge in [0, 0.05) is 13.1 Å². The largest absolute Gasteiger partial charge is 0.393 e. The maximum Gasteiger partial charge on any atom is 0.317 e. The Labute approximate surface area is 83.7 Å². The highest BCUT2D eigenvalue weighted by Gasteiger charge is 2.23. The third-order valence-corrected chi connectivity index (χ3v) is 2.35. The van der Waals surface area contributed by atoms with Gasteiger partial charge in [0.1, 0.15) is 5.60 Å². The number of hydrogen-bond acceptors (Lipinski definition) is 3. The predicted octanol–water partition coefficient (Wildman–Crippen LogP) is -0.465. The van der Waals surface area contributed by atoms with Gasteiger partial charge in [0.05, 0.1) is 13.2 Å². The molecule has 1 fully saturated rings. The van der Waals surface area contributed by atoms with Gasteiger partial charge in [-0.25, -0.2) is 4.79 Å². The summed E-state index contributed by atoms with van der Waals surface area (Å²) in [6.45, 7) is 2.78. The van der Waals surface area contributed by atoms with Crippen molar-refractivity contribution in [3.63, 3.8) is 0 Å². The molecule has 1 atom stereocenters. The normalized spacial score (nSPS) is 20.6. The first-order chi connectivity index (χ1) is 6.55. The summed E-state index contributed by atoms with van der Waals surface area (Å²) in [7, 11) is 0. The minimum atomic E-state index is -1.23. The van der Waals surface area contributed by atoms with Gasteiger partial charge in [0.25, 0.3) is 0 Å². The molecule has 0 spiro atoms. The molecule has 1 unspecified atom stereocenters. The molecule has 1 rings (SSSR count). The first-order valence-electron chi connectivity index (χ1n) is 4.91. The number of likely N-dealkylation sites (tertiary alicyclic amines) is 1. The van der Waals surface area contributed by atoms with Crippen LogP contribution < -0.4 is 5.32 Å². The van der Waals surface area contributed by atoms with Crippen molar-refractivity contribution in [1.29, 1.82) is 0 Å². The van der Waals surface area contributed by atoms with Gasteiger partial charge in [0.2, 0.25) is 0 Å². The van der Waals surface area contributed by atoms with Gasteiger partial charge in [-0.05, 0) is 19.8 Å². The molecular formula is C9H18N2O3. The van der Waals surface area contributed by atoms with E-state index in [4.69, 9.17) is 5.11 Å². The first-order valence-corrected chi connectivity index (χ1v) is 4.91. The van der Waals surface area contributed by atoms with Crippen LogP contribution in [0.25, 0.3) is 0 Å². The Morgan fingerprint density at radius 1 is 1.50 bits per heavy atom. The van der Waals surface area contributed by atoms with Crippen LogP contribution in [0.2, 0.25) is 0 Å². The molecule has 1 heterocycles. The average Bonchev–Trinajstić information content (AvgIpc) is 2.67. The molecule has 5 heteroatoms. The van der Waals surface area contributed by atoms with Crippen molar-refractivity contribution in [1.82, 2.24) is 10.2 Å². The summed E-state index contributed by atoms with van der Waals surface area (Å²) >= 11 is 0. The van der Waals surface area contributed by atoms with Crippen LogP contribution in [0.3, 0.4) is 0 Å². The number of nitrogens with zero attached hydrogens (tertiary/aromatic N) is 1. The van der Waals surface area contributed by atoms with Gasteiger partial charge in [-0.2, -0.15) is 0 Å². The van der Waals surface area contributed by atoms with Gasteiger partial charge >= 0.3 is 6.03 Å². The van der Waals surface area contributed by atoms with E-state index < -0.39 is 5.60 Å². The Kier molecular flexibility index (Phi) is 3.71. The lowest BCUT2D eigenvalue weighted by Crippen LogP contribution is -2.47. The Hall–Kier alpha value is -0.810. The topological polar surface area (TPSA) is 72.8 Å². The highest BCUT2D eigenvalue weighted by atomic mass is 16.3. The van der Waals surface area contributed by atoms with Crippen LogP contribution in [0, 0.1) is 0 Å². The third-order valence-electron chi connectivity index (χ3n) is 2.35. The second-order valence-corrected chi connectivity index (χ2v) is 4.01. The average molecular weight is 202 g/mol. The quantitative estimate of drug-likeness (QED) is 0.579. The molecule has 82 valence electrons. The molecule has 14 heavy (non-hydrogen) atoms. The summed E-state index contributed by atoms with van der Waals surface area (Å²) in [5.41, 5.74) is -1.23. The monoisotopic (exact) mass is 202 g/mol. The number of nitrogens with one attached hydrogen (secondary N) is 1. The molecule has 0 aromatic rings. The molecule has 0 aliphatic carbocycles. The molecule has 0 saturated carbocycles. The van der Waals surface area contributed by atoms with E-state index in [1.807, 2.05) is 0 Å². The number of carbonyl (C=O) groups excluding carboxylic acids is 1. The maximum atomic E-state index is 11.4. The van der Waals surface area contributed by atoms with E-state index in [0.717, 1.165) is 25.9 Å². The molecule has 0 aromatic heterocycles. The Balaban J connectivity index is 2.27. The fraction of sp³-hybridized carbons (Fsp3) is 0.889. The summed E-state index contributed by atoms with van der Waals surface area (Å²) < 4.78 is 0. The van der Waals surface area contributed by atoms with Crippen molar-refractivity contribution in [2.24, 2.45) is 0 Å². The zero-order valence-corrected chi connectivity index (χ0v) is 8.49.